The largest absolute Gasteiger partial charge is 0.491 e. The molecule has 2 aromatic carbocycles. The normalized spacial score (nSPS) is 20.8. The van der Waals surface area contributed by atoms with Crippen molar-refractivity contribution in [2.45, 2.75) is 71.8 Å². The van der Waals surface area contributed by atoms with E-state index in [9.17, 15) is 4.79 Å². The van der Waals surface area contributed by atoms with Crippen LogP contribution >= 0.6 is 0 Å². The number of carbonyl (C=O) groups is 1. The Hall–Kier alpha value is -2.37. The molecule has 1 atom stereocenters. The fourth-order valence-corrected chi connectivity index (χ4v) is 5.18. The Morgan fingerprint density at radius 2 is 1.79 bits per heavy atom. The molecule has 0 radical (unpaired) electrons. The van der Waals surface area contributed by atoms with Crippen LogP contribution in [-0.2, 0) is 11.3 Å². The highest BCUT2D eigenvalue weighted by Crippen LogP contribution is 2.35. The third-order valence-electron chi connectivity index (χ3n) is 7.09. The smallest absolute Gasteiger partial charge is 0.253 e. The molecule has 0 aliphatic carbocycles. The van der Waals surface area contributed by atoms with Gasteiger partial charge in [-0.15, -0.1) is 0 Å². The second-order valence-corrected chi connectivity index (χ2v) is 10.7. The van der Waals surface area contributed by atoms with Gasteiger partial charge in [0.15, 0.2) is 0 Å². The minimum Gasteiger partial charge on any atom is -0.491 e. The van der Waals surface area contributed by atoms with E-state index in [1.165, 1.54) is 5.56 Å². The first-order valence-corrected chi connectivity index (χ1v) is 12.8. The summed E-state index contributed by atoms with van der Waals surface area (Å²) < 4.78 is 12.6. The van der Waals surface area contributed by atoms with E-state index < -0.39 is 0 Å². The summed E-state index contributed by atoms with van der Waals surface area (Å²) in [4.78, 5) is 17.8. The summed E-state index contributed by atoms with van der Waals surface area (Å²) in [6.45, 7) is 14.8. The Labute approximate surface area is 205 Å². The van der Waals surface area contributed by atoms with Gasteiger partial charge in [-0.2, -0.15) is 0 Å². The van der Waals surface area contributed by atoms with Crippen molar-refractivity contribution < 1.29 is 14.3 Å². The van der Waals surface area contributed by atoms with Gasteiger partial charge in [0.1, 0.15) is 5.75 Å². The van der Waals surface area contributed by atoms with E-state index in [1.54, 1.807) is 0 Å². The fourth-order valence-electron chi connectivity index (χ4n) is 5.18. The predicted octanol–water partition coefficient (Wildman–Crippen LogP) is 5.31. The fraction of sp³-hybridized carbons (Fsp3) is 0.552. The summed E-state index contributed by atoms with van der Waals surface area (Å²) in [5.74, 6) is 1.41. The quantitative estimate of drug-likeness (QED) is 0.581. The Morgan fingerprint density at radius 1 is 1.09 bits per heavy atom. The predicted molar refractivity (Wildman–Crippen MR) is 136 cm³/mol. The lowest BCUT2D eigenvalue weighted by Gasteiger charge is -2.51. The van der Waals surface area contributed by atoms with Crippen LogP contribution in [0, 0.1) is 12.8 Å². The summed E-state index contributed by atoms with van der Waals surface area (Å²) >= 11 is 0. The molecule has 4 rings (SSSR count). The third kappa shape index (κ3) is 5.81. The van der Waals surface area contributed by atoms with Crippen LogP contribution in [0.3, 0.4) is 0 Å². The first kappa shape index (κ1) is 24.7. The van der Waals surface area contributed by atoms with E-state index in [2.05, 4.69) is 49.1 Å². The Balaban J connectivity index is 1.42. The molecule has 34 heavy (non-hydrogen) atoms. The van der Waals surface area contributed by atoms with Gasteiger partial charge in [-0.3, -0.25) is 9.69 Å². The number of ether oxygens (including phenoxy) is 2. The van der Waals surface area contributed by atoms with Crippen molar-refractivity contribution in [1.29, 1.82) is 0 Å². The molecule has 2 aliphatic heterocycles. The molecular weight excluding hydrogens is 424 g/mol. The lowest BCUT2D eigenvalue weighted by molar-refractivity contribution is -0.186. The van der Waals surface area contributed by atoms with Crippen molar-refractivity contribution >= 4 is 5.91 Å². The van der Waals surface area contributed by atoms with Crippen LogP contribution in [0.2, 0.25) is 0 Å². The molecule has 0 saturated carbocycles. The van der Waals surface area contributed by atoms with E-state index in [-0.39, 0.29) is 23.7 Å². The number of likely N-dealkylation sites (tertiary alicyclic amines) is 1. The van der Waals surface area contributed by atoms with Gasteiger partial charge in [-0.25, -0.2) is 0 Å². The van der Waals surface area contributed by atoms with E-state index >= 15 is 0 Å². The van der Waals surface area contributed by atoms with Crippen molar-refractivity contribution in [1.82, 2.24) is 9.80 Å². The van der Waals surface area contributed by atoms with Gasteiger partial charge in [0, 0.05) is 38.3 Å². The summed E-state index contributed by atoms with van der Waals surface area (Å²) in [5.41, 5.74) is 2.90. The van der Waals surface area contributed by atoms with Crippen LogP contribution in [0.25, 0.3) is 0 Å². The number of rotatable bonds is 6. The molecule has 0 N–H and O–H groups in total. The lowest BCUT2D eigenvalue weighted by atomic mass is 9.87. The molecule has 2 heterocycles. The number of benzene rings is 2. The maximum atomic E-state index is 13.3. The minimum absolute atomic E-state index is 0.103. The monoisotopic (exact) mass is 464 g/mol. The summed E-state index contributed by atoms with van der Waals surface area (Å²) in [6, 6.07) is 16.5. The number of amides is 1. The highest BCUT2D eigenvalue weighted by Gasteiger charge is 2.44. The van der Waals surface area contributed by atoms with Crippen LogP contribution in [-0.4, -0.2) is 59.7 Å². The van der Waals surface area contributed by atoms with E-state index in [0.717, 1.165) is 62.4 Å². The average Bonchev–Trinajstić information content (AvgIpc) is 2.80. The molecule has 1 spiro atoms. The third-order valence-corrected chi connectivity index (χ3v) is 7.09. The van der Waals surface area contributed by atoms with Crippen LogP contribution in [0.5, 0.6) is 5.75 Å². The van der Waals surface area contributed by atoms with Gasteiger partial charge in [-0.1, -0.05) is 44.2 Å². The van der Waals surface area contributed by atoms with Crippen LogP contribution < -0.4 is 4.74 Å². The molecule has 1 unspecified atom stereocenters. The number of carbonyl (C=O) groups excluding carboxylic acids is 1. The van der Waals surface area contributed by atoms with Gasteiger partial charge < -0.3 is 14.4 Å². The van der Waals surface area contributed by atoms with E-state index in [1.807, 2.05) is 43.9 Å². The topological polar surface area (TPSA) is 42.0 Å². The van der Waals surface area contributed by atoms with Crippen LogP contribution in [0.15, 0.2) is 48.5 Å². The number of nitrogens with zero attached hydrogens (tertiary/aromatic N) is 2. The molecule has 0 bridgehead atoms. The molecule has 184 valence electrons. The maximum absolute atomic E-state index is 13.3. The Bertz CT molecular complexity index is 965. The average molecular weight is 465 g/mol. The zero-order valence-electron chi connectivity index (χ0n) is 21.4. The Morgan fingerprint density at radius 3 is 2.41 bits per heavy atom. The molecule has 0 aromatic heterocycles. The van der Waals surface area contributed by atoms with E-state index in [4.69, 9.17) is 9.47 Å². The first-order chi connectivity index (χ1) is 16.2. The van der Waals surface area contributed by atoms with Gasteiger partial charge in [0.05, 0.1) is 17.8 Å². The number of hydrogen-bond acceptors (Lipinski definition) is 4. The molecular formula is C29H40N2O3. The Kier molecular flexibility index (Phi) is 7.63. The van der Waals surface area contributed by atoms with Crippen molar-refractivity contribution in [2.75, 3.05) is 26.2 Å². The summed E-state index contributed by atoms with van der Waals surface area (Å²) in [5, 5.41) is 0. The summed E-state index contributed by atoms with van der Waals surface area (Å²) in [7, 11) is 0. The van der Waals surface area contributed by atoms with Crippen LogP contribution in [0.1, 0.15) is 62.0 Å². The molecule has 2 aliphatic rings. The number of morpholine rings is 1. The molecule has 2 saturated heterocycles. The van der Waals surface area contributed by atoms with Crippen LogP contribution in [0.4, 0.5) is 0 Å². The standard InChI is InChI=1S/C29H40N2O3/c1-21(2)27-19-30(18-24-9-7-6-8-10-24)20-29(34-27)13-15-31(16-14-29)28(32)25-11-12-26(23(5)17-25)33-22(3)4/h6-12,17,21-22,27H,13-16,18-20H2,1-5H3. The first-order valence-electron chi connectivity index (χ1n) is 12.8. The molecule has 5 nitrogen and oxygen atoms in total. The number of piperidine rings is 1. The summed E-state index contributed by atoms with van der Waals surface area (Å²) in [6.07, 6.45) is 2.09. The second kappa shape index (κ2) is 10.5. The molecule has 1 amide bonds. The van der Waals surface area contributed by atoms with Gasteiger partial charge in [-0.05, 0) is 68.9 Å². The van der Waals surface area contributed by atoms with Crippen molar-refractivity contribution in [2.24, 2.45) is 5.92 Å². The van der Waals surface area contributed by atoms with Gasteiger partial charge in [0.2, 0.25) is 0 Å². The van der Waals surface area contributed by atoms with E-state index in [0.29, 0.717) is 5.92 Å². The number of hydrogen-bond donors (Lipinski definition) is 0. The zero-order valence-corrected chi connectivity index (χ0v) is 21.4. The minimum atomic E-state index is -0.177. The molecule has 5 heteroatoms. The molecule has 2 aromatic rings. The highest BCUT2D eigenvalue weighted by molar-refractivity contribution is 5.94. The maximum Gasteiger partial charge on any atom is 0.253 e. The van der Waals surface area contributed by atoms with Gasteiger partial charge in [0.25, 0.3) is 5.91 Å². The SMILES string of the molecule is Cc1cc(C(=O)N2CCC3(CC2)CN(Cc2ccccc2)CC(C(C)C)O3)ccc1OC(C)C. The van der Waals surface area contributed by atoms with Gasteiger partial charge >= 0.3 is 0 Å². The van der Waals surface area contributed by atoms with Crippen molar-refractivity contribution in [3.63, 3.8) is 0 Å². The van der Waals surface area contributed by atoms with Crippen molar-refractivity contribution in [3.05, 3.63) is 65.2 Å². The number of aryl methyl sites for hydroxylation is 1. The zero-order chi connectivity index (χ0) is 24.3. The molecule has 2 fully saturated rings. The lowest BCUT2D eigenvalue weighted by Crippen LogP contribution is -2.60. The second-order valence-electron chi connectivity index (χ2n) is 10.7. The van der Waals surface area contributed by atoms with Crippen molar-refractivity contribution in [3.8, 4) is 5.75 Å². The highest BCUT2D eigenvalue weighted by atomic mass is 16.5.